The fourth-order valence-electron chi connectivity index (χ4n) is 5.30. The summed E-state index contributed by atoms with van der Waals surface area (Å²) in [6.45, 7) is 14.7. The van der Waals surface area contributed by atoms with E-state index in [9.17, 15) is 24.0 Å². The van der Waals surface area contributed by atoms with Crippen LogP contribution >= 0.6 is 11.8 Å². The number of esters is 2. The molecule has 0 aliphatic heterocycles. The van der Waals surface area contributed by atoms with Crippen molar-refractivity contribution in [3.05, 3.63) is 108 Å². The highest BCUT2D eigenvalue weighted by Crippen LogP contribution is 2.48. The molecule has 3 aromatic rings. The molecule has 12 heteroatoms. The lowest BCUT2D eigenvalue weighted by molar-refractivity contribution is -0.157. The van der Waals surface area contributed by atoms with Crippen molar-refractivity contribution in [2.45, 2.75) is 102 Å². The molecule has 0 aromatic heterocycles. The third-order valence-corrected chi connectivity index (χ3v) is 8.91. The Morgan fingerprint density at radius 3 is 1.38 bits per heavy atom. The van der Waals surface area contributed by atoms with Crippen LogP contribution in [0.25, 0.3) is 0 Å². The SMILES string of the molecule is CC(C)(C)OC(=O)CNC(=O)[C@H](CSC(c1ccccc1)(c1ccccc1)c1ccccc1)NC(=O)[C@H](CC(=O)OC(C)(C)C)NC(=O)OC(C)(C)C. The van der Waals surface area contributed by atoms with Gasteiger partial charge in [0.05, 0.1) is 11.2 Å². The smallest absolute Gasteiger partial charge is 0.408 e. The first-order valence-electron chi connectivity index (χ1n) is 17.5. The lowest BCUT2D eigenvalue weighted by atomic mass is 9.84. The van der Waals surface area contributed by atoms with Gasteiger partial charge in [0.15, 0.2) is 0 Å². The van der Waals surface area contributed by atoms with E-state index in [1.165, 1.54) is 11.8 Å². The molecule has 3 aromatic carbocycles. The van der Waals surface area contributed by atoms with Gasteiger partial charge in [-0.05, 0) is 79.0 Å². The van der Waals surface area contributed by atoms with Crippen molar-refractivity contribution in [3.63, 3.8) is 0 Å². The highest BCUT2D eigenvalue weighted by Gasteiger charge is 2.39. The first-order valence-corrected chi connectivity index (χ1v) is 18.5. The van der Waals surface area contributed by atoms with Gasteiger partial charge < -0.3 is 30.2 Å². The van der Waals surface area contributed by atoms with E-state index >= 15 is 0 Å². The second kappa shape index (κ2) is 18.3. The molecule has 3 amide bonds. The Kier molecular flexibility index (Phi) is 14.7. The zero-order valence-corrected chi connectivity index (χ0v) is 32.9. The van der Waals surface area contributed by atoms with Gasteiger partial charge in [-0.25, -0.2) is 4.79 Å². The van der Waals surface area contributed by atoms with E-state index in [4.69, 9.17) is 14.2 Å². The third kappa shape index (κ3) is 13.9. The van der Waals surface area contributed by atoms with E-state index < -0.39 is 76.4 Å². The lowest BCUT2D eigenvalue weighted by Gasteiger charge is -2.36. The Bertz CT molecular complexity index is 1550. The van der Waals surface area contributed by atoms with Crippen LogP contribution in [-0.2, 0) is 38.1 Å². The van der Waals surface area contributed by atoms with E-state index in [1.54, 1.807) is 62.3 Å². The van der Waals surface area contributed by atoms with Crippen molar-refractivity contribution in [1.82, 2.24) is 16.0 Å². The summed E-state index contributed by atoms with van der Waals surface area (Å²) in [6, 6.07) is 26.7. The minimum atomic E-state index is -1.46. The molecule has 0 spiro atoms. The van der Waals surface area contributed by atoms with Crippen molar-refractivity contribution in [2.24, 2.45) is 0 Å². The second-order valence-electron chi connectivity index (χ2n) is 15.4. The van der Waals surface area contributed by atoms with E-state index in [1.807, 2.05) is 91.0 Å². The van der Waals surface area contributed by atoms with Crippen molar-refractivity contribution < 1.29 is 38.2 Å². The molecule has 0 unspecified atom stereocenters. The van der Waals surface area contributed by atoms with E-state index in [-0.39, 0.29) is 5.75 Å². The summed E-state index contributed by atoms with van der Waals surface area (Å²) in [5, 5.41) is 7.83. The monoisotopic (exact) mass is 747 g/mol. The molecule has 0 aliphatic rings. The third-order valence-electron chi connectivity index (χ3n) is 7.27. The maximum absolute atomic E-state index is 14.1. The molecule has 3 N–H and O–H groups in total. The Labute approximate surface area is 317 Å². The fraction of sp³-hybridized carbons (Fsp3) is 0.439. The van der Waals surface area contributed by atoms with Gasteiger partial charge in [0.1, 0.15) is 35.4 Å². The van der Waals surface area contributed by atoms with Gasteiger partial charge in [0, 0.05) is 5.75 Å². The molecule has 0 radical (unpaired) electrons. The normalized spacial score (nSPS) is 13.2. The summed E-state index contributed by atoms with van der Waals surface area (Å²) >= 11 is 1.41. The van der Waals surface area contributed by atoms with Crippen LogP contribution in [0.4, 0.5) is 4.79 Å². The van der Waals surface area contributed by atoms with Gasteiger partial charge in [-0.3, -0.25) is 19.2 Å². The molecular formula is C41H53N3O8S. The zero-order valence-electron chi connectivity index (χ0n) is 32.1. The van der Waals surface area contributed by atoms with E-state index in [0.29, 0.717) is 0 Å². The summed E-state index contributed by atoms with van der Waals surface area (Å²) in [6.07, 6.45) is -1.47. The minimum Gasteiger partial charge on any atom is -0.460 e. The van der Waals surface area contributed by atoms with Crippen LogP contribution in [0.15, 0.2) is 91.0 Å². The summed E-state index contributed by atoms with van der Waals surface area (Å²) in [5.74, 6) is -2.91. The van der Waals surface area contributed by atoms with E-state index in [0.717, 1.165) is 16.7 Å². The quantitative estimate of drug-likeness (QED) is 0.0985. The van der Waals surface area contributed by atoms with Gasteiger partial charge in [0.25, 0.3) is 0 Å². The maximum Gasteiger partial charge on any atom is 0.408 e. The van der Waals surface area contributed by atoms with Crippen LogP contribution in [-0.4, -0.2) is 71.0 Å². The number of rotatable bonds is 14. The number of alkyl carbamates (subject to hydrolysis) is 1. The predicted molar refractivity (Wildman–Crippen MR) is 206 cm³/mol. The zero-order chi connectivity index (χ0) is 39.5. The number of thioether (sulfide) groups is 1. The first kappa shape index (κ1) is 42.6. The standard InChI is InChI=1S/C41H53N3O8S/c1-38(2,3)50-33(45)25-31(44-37(49)52-40(7,8)9)36(48)43-32(35(47)42-26-34(46)51-39(4,5)6)27-53-41(28-19-13-10-14-20-28,29-21-15-11-16-22-29)30-23-17-12-18-24-30/h10-24,31-32H,25-27H2,1-9H3,(H,42,47)(H,43,48)(H,44,49)/t31-,32-/m0/s1. The van der Waals surface area contributed by atoms with Crippen LogP contribution in [0.1, 0.15) is 85.4 Å². The molecule has 11 nitrogen and oxygen atoms in total. The van der Waals surface area contributed by atoms with Crippen molar-refractivity contribution in [2.75, 3.05) is 12.3 Å². The molecular weight excluding hydrogens is 695 g/mol. The Morgan fingerprint density at radius 1 is 0.547 bits per heavy atom. The molecule has 286 valence electrons. The topological polar surface area (TPSA) is 149 Å². The van der Waals surface area contributed by atoms with Crippen LogP contribution in [0.3, 0.4) is 0 Å². The lowest BCUT2D eigenvalue weighted by Crippen LogP contribution is -2.56. The van der Waals surface area contributed by atoms with E-state index in [2.05, 4.69) is 16.0 Å². The van der Waals surface area contributed by atoms with Crippen LogP contribution in [0.2, 0.25) is 0 Å². The average Bonchev–Trinajstić information content (AvgIpc) is 3.05. The fourth-order valence-corrected chi connectivity index (χ4v) is 6.86. The largest absolute Gasteiger partial charge is 0.460 e. The Balaban J connectivity index is 2.06. The van der Waals surface area contributed by atoms with Gasteiger partial charge >= 0.3 is 18.0 Å². The van der Waals surface area contributed by atoms with Gasteiger partial charge in [-0.15, -0.1) is 11.8 Å². The number of hydrogen-bond donors (Lipinski definition) is 3. The second-order valence-corrected chi connectivity index (χ2v) is 16.7. The number of benzene rings is 3. The summed E-state index contributed by atoms with van der Waals surface area (Å²) in [5.41, 5.74) is 0.241. The van der Waals surface area contributed by atoms with Crippen molar-refractivity contribution in [1.29, 1.82) is 0 Å². The Morgan fingerprint density at radius 2 is 0.962 bits per heavy atom. The minimum absolute atomic E-state index is 0.00380. The van der Waals surface area contributed by atoms with Gasteiger partial charge in [0.2, 0.25) is 11.8 Å². The summed E-state index contributed by atoms with van der Waals surface area (Å²) < 4.78 is 15.4. The molecule has 0 fully saturated rings. The highest BCUT2D eigenvalue weighted by molar-refractivity contribution is 8.00. The molecule has 0 saturated carbocycles. The highest BCUT2D eigenvalue weighted by atomic mass is 32.2. The predicted octanol–water partition coefficient (Wildman–Crippen LogP) is 6.28. The average molecular weight is 748 g/mol. The van der Waals surface area contributed by atoms with Crippen LogP contribution < -0.4 is 16.0 Å². The maximum atomic E-state index is 14.1. The molecule has 0 heterocycles. The number of amides is 3. The summed E-state index contributed by atoms with van der Waals surface area (Å²) in [4.78, 5) is 66.5. The summed E-state index contributed by atoms with van der Waals surface area (Å²) in [7, 11) is 0. The number of nitrogens with one attached hydrogen (secondary N) is 3. The van der Waals surface area contributed by atoms with Crippen LogP contribution in [0.5, 0.6) is 0 Å². The number of carbonyl (C=O) groups excluding carboxylic acids is 5. The van der Waals surface area contributed by atoms with Crippen molar-refractivity contribution >= 4 is 41.6 Å². The van der Waals surface area contributed by atoms with Crippen LogP contribution in [0, 0.1) is 0 Å². The molecule has 3 rings (SSSR count). The molecule has 0 saturated heterocycles. The molecule has 2 atom stereocenters. The van der Waals surface area contributed by atoms with Gasteiger partial charge in [-0.1, -0.05) is 91.0 Å². The van der Waals surface area contributed by atoms with Gasteiger partial charge in [-0.2, -0.15) is 0 Å². The number of ether oxygens (including phenoxy) is 3. The first-order chi connectivity index (χ1) is 24.7. The molecule has 0 bridgehead atoms. The molecule has 53 heavy (non-hydrogen) atoms. The molecule has 0 aliphatic carbocycles. The number of hydrogen-bond acceptors (Lipinski definition) is 9. The van der Waals surface area contributed by atoms with Crippen molar-refractivity contribution in [3.8, 4) is 0 Å². The Hall–Kier alpha value is -4.84. The number of carbonyl (C=O) groups is 5.